The Morgan fingerprint density at radius 2 is 1.89 bits per heavy atom. The van der Waals surface area contributed by atoms with Crippen molar-refractivity contribution in [3.05, 3.63) is 82.9 Å². The second-order valence-corrected chi connectivity index (χ2v) is 10.2. The highest BCUT2D eigenvalue weighted by Gasteiger charge is 2.44. The largest absolute Gasteiger partial charge is 0.381 e. The third-order valence-corrected chi connectivity index (χ3v) is 7.38. The molecule has 1 saturated heterocycles. The zero-order valence-electron chi connectivity index (χ0n) is 21.7. The van der Waals surface area contributed by atoms with E-state index in [4.69, 9.17) is 0 Å². The molecule has 8 nitrogen and oxygen atoms in total. The van der Waals surface area contributed by atoms with Gasteiger partial charge in [-0.3, -0.25) is 29.4 Å². The lowest BCUT2D eigenvalue weighted by Crippen LogP contribution is -2.42. The maximum atomic E-state index is 13.4. The molecule has 190 valence electrons. The number of carbonyl (C=O) groups excluding carboxylic acids is 2. The van der Waals surface area contributed by atoms with Gasteiger partial charge in [0.15, 0.2) is 0 Å². The van der Waals surface area contributed by atoms with Crippen LogP contribution in [0.1, 0.15) is 64.1 Å². The lowest BCUT2D eigenvalue weighted by Gasteiger charge is -2.34. The van der Waals surface area contributed by atoms with E-state index in [1.165, 1.54) is 0 Å². The van der Waals surface area contributed by atoms with E-state index in [0.29, 0.717) is 24.2 Å². The van der Waals surface area contributed by atoms with Gasteiger partial charge in [-0.05, 0) is 74.6 Å². The van der Waals surface area contributed by atoms with Crippen LogP contribution < -0.4 is 10.2 Å². The highest BCUT2D eigenvalue weighted by atomic mass is 16.2. The molecule has 1 N–H and O–H groups in total. The molecule has 4 heterocycles. The normalized spacial score (nSPS) is 17.4. The molecule has 37 heavy (non-hydrogen) atoms. The van der Waals surface area contributed by atoms with Crippen LogP contribution in [0.5, 0.6) is 0 Å². The molecule has 2 aromatic heterocycles. The summed E-state index contributed by atoms with van der Waals surface area (Å²) < 4.78 is 0. The third kappa shape index (κ3) is 4.59. The lowest BCUT2D eigenvalue weighted by molar-refractivity contribution is 0.0717. The van der Waals surface area contributed by atoms with Crippen LogP contribution in [0.2, 0.25) is 0 Å². The summed E-state index contributed by atoms with van der Waals surface area (Å²) in [6, 6.07) is 9.92. The molecule has 2 aliphatic rings. The van der Waals surface area contributed by atoms with Crippen molar-refractivity contribution in [2.24, 2.45) is 4.99 Å². The van der Waals surface area contributed by atoms with Crippen LogP contribution in [0.4, 0.5) is 11.4 Å². The van der Waals surface area contributed by atoms with Gasteiger partial charge >= 0.3 is 0 Å². The fourth-order valence-corrected chi connectivity index (χ4v) is 5.37. The van der Waals surface area contributed by atoms with Crippen molar-refractivity contribution in [3.8, 4) is 0 Å². The average molecular weight is 497 g/mol. The Morgan fingerprint density at radius 3 is 2.62 bits per heavy atom. The van der Waals surface area contributed by atoms with Gasteiger partial charge in [0.05, 0.1) is 34.9 Å². The number of carbonyl (C=O) groups is 2. The van der Waals surface area contributed by atoms with Gasteiger partial charge in [-0.1, -0.05) is 6.07 Å². The Morgan fingerprint density at radius 1 is 1.11 bits per heavy atom. The number of nitrogens with one attached hydrogen (secondary N) is 1. The fourth-order valence-electron chi connectivity index (χ4n) is 5.37. The van der Waals surface area contributed by atoms with Crippen molar-refractivity contribution in [2.45, 2.75) is 45.2 Å². The monoisotopic (exact) mass is 496 g/mol. The Balaban J connectivity index is 1.28. The van der Waals surface area contributed by atoms with E-state index in [9.17, 15) is 9.59 Å². The van der Waals surface area contributed by atoms with E-state index in [1.807, 2.05) is 47.1 Å². The van der Waals surface area contributed by atoms with Crippen LogP contribution in [-0.4, -0.2) is 59.1 Å². The standard InChI is InChI=1S/C29H32N6O2/c1-19-7-10-31-18-25(19)27(36)34-11-8-21(9-12-34)33-22-14-23(17-32-16-22)35-28(37)24-6-5-20(15-30-4)13-26(24)29(35,2)3/h5-7,10,13-18,21,33H,8-9,11-12H2,1-4H3/b30-15+. The number of aromatic nitrogens is 2. The van der Waals surface area contributed by atoms with Crippen molar-refractivity contribution in [1.29, 1.82) is 0 Å². The number of pyridine rings is 2. The minimum atomic E-state index is -0.527. The minimum Gasteiger partial charge on any atom is -0.381 e. The molecule has 5 rings (SSSR count). The van der Waals surface area contributed by atoms with Crippen LogP contribution in [-0.2, 0) is 5.54 Å². The highest BCUT2D eigenvalue weighted by Crippen LogP contribution is 2.42. The van der Waals surface area contributed by atoms with Crippen molar-refractivity contribution in [2.75, 3.05) is 30.4 Å². The number of benzene rings is 1. The summed E-state index contributed by atoms with van der Waals surface area (Å²) in [7, 11) is 1.74. The molecular weight excluding hydrogens is 464 g/mol. The zero-order valence-corrected chi connectivity index (χ0v) is 21.7. The Labute approximate surface area is 217 Å². The summed E-state index contributed by atoms with van der Waals surface area (Å²) in [5.41, 5.74) is 5.36. The SMILES string of the molecule is C/N=C/c1ccc2c(c1)C(C)(C)N(c1cncc(NC3CCN(C(=O)c4cnccc4C)CC3)c1)C2=O. The van der Waals surface area contributed by atoms with Crippen molar-refractivity contribution < 1.29 is 9.59 Å². The van der Waals surface area contributed by atoms with E-state index >= 15 is 0 Å². The number of hydrogen-bond acceptors (Lipinski definition) is 6. The first-order valence-electron chi connectivity index (χ1n) is 12.6. The topological polar surface area (TPSA) is 90.8 Å². The molecule has 0 spiro atoms. The van der Waals surface area contributed by atoms with Gasteiger partial charge < -0.3 is 10.2 Å². The molecular formula is C29H32N6O2. The average Bonchev–Trinajstić information content (AvgIpc) is 3.09. The number of hydrogen-bond donors (Lipinski definition) is 1. The van der Waals surface area contributed by atoms with Gasteiger partial charge in [0.25, 0.3) is 11.8 Å². The molecule has 1 aromatic carbocycles. The summed E-state index contributed by atoms with van der Waals surface area (Å²) in [5, 5.41) is 3.58. The molecule has 2 aliphatic heterocycles. The Kier molecular flexibility index (Phi) is 6.50. The van der Waals surface area contributed by atoms with Crippen LogP contribution in [0.25, 0.3) is 0 Å². The van der Waals surface area contributed by atoms with Gasteiger partial charge in [-0.25, -0.2) is 0 Å². The first-order chi connectivity index (χ1) is 17.8. The molecule has 1 fully saturated rings. The predicted octanol–water partition coefficient (Wildman–Crippen LogP) is 4.45. The van der Waals surface area contributed by atoms with E-state index in [1.54, 1.807) is 38.0 Å². The lowest BCUT2D eigenvalue weighted by atomic mass is 9.92. The first kappa shape index (κ1) is 24.6. The second kappa shape index (κ2) is 9.76. The molecule has 0 radical (unpaired) electrons. The number of amides is 2. The zero-order chi connectivity index (χ0) is 26.2. The van der Waals surface area contributed by atoms with Gasteiger partial charge in [0.2, 0.25) is 0 Å². The van der Waals surface area contributed by atoms with E-state index in [2.05, 4.69) is 34.1 Å². The van der Waals surface area contributed by atoms with Crippen molar-refractivity contribution in [1.82, 2.24) is 14.9 Å². The molecule has 3 aromatic rings. The summed E-state index contributed by atoms with van der Waals surface area (Å²) in [4.78, 5) is 42.7. The number of anilines is 2. The van der Waals surface area contributed by atoms with Crippen LogP contribution >= 0.6 is 0 Å². The summed E-state index contributed by atoms with van der Waals surface area (Å²) in [6.07, 6.45) is 10.3. The second-order valence-electron chi connectivity index (χ2n) is 10.2. The molecule has 8 heteroatoms. The maximum absolute atomic E-state index is 13.4. The van der Waals surface area contributed by atoms with Crippen molar-refractivity contribution >= 4 is 29.4 Å². The number of likely N-dealkylation sites (tertiary alicyclic amines) is 1. The number of piperidine rings is 1. The van der Waals surface area contributed by atoms with Gasteiger partial charge in [-0.15, -0.1) is 0 Å². The molecule has 0 unspecified atom stereocenters. The van der Waals surface area contributed by atoms with Gasteiger partial charge in [-0.2, -0.15) is 0 Å². The molecule has 0 saturated carbocycles. The quantitative estimate of drug-likeness (QED) is 0.527. The minimum absolute atomic E-state index is 0.0311. The van der Waals surface area contributed by atoms with E-state index < -0.39 is 5.54 Å². The first-order valence-corrected chi connectivity index (χ1v) is 12.6. The molecule has 0 bridgehead atoms. The Bertz CT molecular complexity index is 1370. The van der Waals surface area contributed by atoms with Crippen molar-refractivity contribution in [3.63, 3.8) is 0 Å². The maximum Gasteiger partial charge on any atom is 0.259 e. The van der Waals surface area contributed by atoms with Gasteiger partial charge in [0.1, 0.15) is 0 Å². The van der Waals surface area contributed by atoms with E-state index in [0.717, 1.165) is 40.9 Å². The third-order valence-electron chi connectivity index (χ3n) is 7.38. The van der Waals surface area contributed by atoms with Gasteiger partial charge in [0, 0.05) is 50.4 Å². The van der Waals surface area contributed by atoms with Crippen LogP contribution in [0.3, 0.4) is 0 Å². The summed E-state index contributed by atoms with van der Waals surface area (Å²) in [6.45, 7) is 7.40. The summed E-state index contributed by atoms with van der Waals surface area (Å²) in [5.74, 6) is 0.00637. The number of rotatable bonds is 5. The number of aryl methyl sites for hydroxylation is 1. The highest BCUT2D eigenvalue weighted by molar-refractivity contribution is 6.12. The molecule has 2 amide bonds. The number of nitrogens with zero attached hydrogens (tertiary/aromatic N) is 5. The number of fused-ring (bicyclic) bond motifs is 1. The number of aliphatic imine (C=N–C) groups is 1. The smallest absolute Gasteiger partial charge is 0.259 e. The predicted molar refractivity (Wildman–Crippen MR) is 146 cm³/mol. The molecule has 0 aliphatic carbocycles. The van der Waals surface area contributed by atoms with E-state index in [-0.39, 0.29) is 17.9 Å². The fraction of sp³-hybridized carbons (Fsp3) is 0.345. The van der Waals surface area contributed by atoms with Crippen LogP contribution in [0.15, 0.2) is 60.1 Å². The molecule has 0 atom stereocenters. The Hall–Kier alpha value is -4.07. The van der Waals surface area contributed by atoms with Crippen LogP contribution in [0, 0.1) is 6.92 Å². The summed E-state index contributed by atoms with van der Waals surface area (Å²) >= 11 is 0.